The quantitative estimate of drug-likeness (QED) is 0.489. The number of phenols is 1. The Labute approximate surface area is 164 Å². The standard InChI is InChI=1S/C19H17N5OS2/c1-2-13-3-5-14(6-4-13)18-20-15(11-26-18)12-27-19-21-22-23-24(19)16-7-9-17(25)10-8-16/h3-11,25H,2,12H2,1H3. The molecule has 2 aromatic carbocycles. The van der Waals surface area contributed by atoms with Crippen LogP contribution in [0.5, 0.6) is 5.75 Å². The largest absolute Gasteiger partial charge is 0.508 e. The van der Waals surface area contributed by atoms with Gasteiger partial charge in [-0.05, 0) is 46.7 Å². The fourth-order valence-electron chi connectivity index (χ4n) is 2.55. The maximum absolute atomic E-state index is 9.43. The van der Waals surface area contributed by atoms with Gasteiger partial charge >= 0.3 is 0 Å². The Morgan fingerprint density at radius 3 is 2.59 bits per heavy atom. The number of phenolic OH excluding ortho intramolecular Hbond substituents is 1. The third-order valence-corrected chi connectivity index (χ3v) is 5.94. The summed E-state index contributed by atoms with van der Waals surface area (Å²) in [7, 11) is 0. The van der Waals surface area contributed by atoms with Gasteiger partial charge in [0.2, 0.25) is 5.16 Å². The molecule has 0 radical (unpaired) electrons. The first kappa shape index (κ1) is 17.7. The minimum absolute atomic E-state index is 0.211. The molecule has 0 unspecified atom stereocenters. The van der Waals surface area contributed by atoms with Crippen LogP contribution in [-0.2, 0) is 12.2 Å². The van der Waals surface area contributed by atoms with Crippen LogP contribution in [0.25, 0.3) is 16.3 Å². The zero-order chi connectivity index (χ0) is 18.6. The van der Waals surface area contributed by atoms with E-state index in [9.17, 15) is 5.11 Å². The monoisotopic (exact) mass is 395 g/mol. The summed E-state index contributed by atoms with van der Waals surface area (Å²) in [6.45, 7) is 2.15. The Balaban J connectivity index is 1.46. The Hall–Kier alpha value is -2.71. The first-order valence-electron chi connectivity index (χ1n) is 8.47. The molecular weight excluding hydrogens is 378 g/mol. The molecule has 0 amide bonds. The van der Waals surface area contributed by atoms with Crippen molar-refractivity contribution in [1.82, 2.24) is 25.2 Å². The molecule has 0 aliphatic carbocycles. The highest BCUT2D eigenvalue weighted by Crippen LogP contribution is 2.28. The smallest absolute Gasteiger partial charge is 0.214 e. The molecule has 2 heterocycles. The predicted molar refractivity (Wildman–Crippen MR) is 107 cm³/mol. The van der Waals surface area contributed by atoms with E-state index in [1.54, 1.807) is 40.3 Å². The van der Waals surface area contributed by atoms with E-state index in [0.29, 0.717) is 10.9 Å². The van der Waals surface area contributed by atoms with Gasteiger partial charge < -0.3 is 5.11 Å². The molecule has 0 aliphatic rings. The molecular formula is C19H17N5OS2. The molecule has 2 aromatic heterocycles. The maximum atomic E-state index is 9.43. The Morgan fingerprint density at radius 1 is 1.07 bits per heavy atom. The van der Waals surface area contributed by atoms with Gasteiger partial charge in [-0.15, -0.1) is 16.4 Å². The van der Waals surface area contributed by atoms with Crippen LogP contribution in [0.4, 0.5) is 0 Å². The summed E-state index contributed by atoms with van der Waals surface area (Å²) in [6.07, 6.45) is 1.04. The van der Waals surface area contributed by atoms with Crippen LogP contribution in [0.15, 0.2) is 59.1 Å². The normalized spacial score (nSPS) is 11.0. The highest BCUT2D eigenvalue weighted by atomic mass is 32.2. The van der Waals surface area contributed by atoms with E-state index in [1.165, 1.54) is 17.3 Å². The van der Waals surface area contributed by atoms with Crippen LogP contribution in [0, 0.1) is 0 Å². The SMILES string of the molecule is CCc1ccc(-c2nc(CSc3nnnn3-c3ccc(O)cc3)cs2)cc1. The number of tetrazole rings is 1. The molecule has 0 fully saturated rings. The van der Waals surface area contributed by atoms with Crippen LogP contribution in [0.2, 0.25) is 0 Å². The number of hydrogen-bond donors (Lipinski definition) is 1. The molecule has 0 spiro atoms. The highest BCUT2D eigenvalue weighted by molar-refractivity contribution is 7.98. The number of nitrogens with zero attached hydrogens (tertiary/aromatic N) is 5. The van der Waals surface area contributed by atoms with Crippen molar-refractivity contribution in [2.45, 2.75) is 24.3 Å². The van der Waals surface area contributed by atoms with Crippen LogP contribution in [-0.4, -0.2) is 30.3 Å². The number of hydrogen-bond acceptors (Lipinski definition) is 7. The molecule has 6 nitrogen and oxygen atoms in total. The van der Waals surface area contributed by atoms with Gasteiger partial charge in [0.25, 0.3) is 0 Å². The molecule has 0 bridgehead atoms. The third kappa shape index (κ3) is 4.01. The summed E-state index contributed by atoms with van der Waals surface area (Å²) in [4.78, 5) is 4.74. The second-order valence-electron chi connectivity index (χ2n) is 5.87. The van der Waals surface area contributed by atoms with Crippen molar-refractivity contribution in [3.63, 3.8) is 0 Å². The molecule has 8 heteroatoms. The molecule has 27 heavy (non-hydrogen) atoms. The molecule has 0 saturated carbocycles. The second kappa shape index (κ2) is 7.89. The zero-order valence-corrected chi connectivity index (χ0v) is 16.2. The summed E-state index contributed by atoms with van der Waals surface area (Å²) < 4.78 is 1.65. The van der Waals surface area contributed by atoms with Crippen LogP contribution in [0.3, 0.4) is 0 Å². The number of thioether (sulfide) groups is 1. The molecule has 0 saturated heterocycles. The van der Waals surface area contributed by atoms with Gasteiger partial charge in [-0.25, -0.2) is 4.98 Å². The van der Waals surface area contributed by atoms with E-state index < -0.39 is 0 Å². The number of rotatable bonds is 6. The van der Waals surface area contributed by atoms with Gasteiger partial charge in [0, 0.05) is 16.7 Å². The van der Waals surface area contributed by atoms with Gasteiger partial charge in [0.1, 0.15) is 10.8 Å². The zero-order valence-electron chi connectivity index (χ0n) is 14.6. The lowest BCUT2D eigenvalue weighted by molar-refractivity contribution is 0.475. The van der Waals surface area contributed by atoms with Gasteiger partial charge in [0.05, 0.1) is 11.4 Å². The van der Waals surface area contributed by atoms with Gasteiger partial charge in [-0.1, -0.05) is 43.0 Å². The van der Waals surface area contributed by atoms with Gasteiger partial charge in [0.15, 0.2) is 0 Å². The maximum Gasteiger partial charge on any atom is 0.214 e. The van der Waals surface area contributed by atoms with Crippen molar-refractivity contribution in [2.75, 3.05) is 0 Å². The van der Waals surface area contributed by atoms with Crippen molar-refractivity contribution in [2.24, 2.45) is 0 Å². The minimum Gasteiger partial charge on any atom is -0.508 e. The number of aryl methyl sites for hydroxylation is 1. The topological polar surface area (TPSA) is 76.7 Å². The van der Waals surface area contributed by atoms with Crippen LogP contribution in [0.1, 0.15) is 18.2 Å². The van der Waals surface area contributed by atoms with Gasteiger partial charge in [-0.2, -0.15) is 4.68 Å². The van der Waals surface area contributed by atoms with E-state index in [1.807, 2.05) is 0 Å². The highest BCUT2D eigenvalue weighted by Gasteiger charge is 2.11. The lowest BCUT2D eigenvalue weighted by Crippen LogP contribution is -1.98. The molecule has 4 rings (SSSR count). The molecule has 4 aromatic rings. The number of aromatic hydroxyl groups is 1. The van der Waals surface area contributed by atoms with Gasteiger partial charge in [-0.3, -0.25) is 0 Å². The van der Waals surface area contributed by atoms with Crippen LogP contribution < -0.4 is 0 Å². The molecule has 1 N–H and O–H groups in total. The van der Waals surface area contributed by atoms with E-state index in [-0.39, 0.29) is 5.75 Å². The number of thiazole rings is 1. The van der Waals surface area contributed by atoms with Crippen molar-refractivity contribution in [3.05, 3.63) is 65.2 Å². The number of aromatic nitrogens is 5. The van der Waals surface area contributed by atoms with Crippen molar-refractivity contribution in [3.8, 4) is 22.0 Å². The van der Waals surface area contributed by atoms with Crippen molar-refractivity contribution < 1.29 is 5.11 Å². The lowest BCUT2D eigenvalue weighted by atomic mass is 10.1. The lowest BCUT2D eigenvalue weighted by Gasteiger charge is -2.03. The summed E-state index contributed by atoms with van der Waals surface area (Å²) >= 11 is 3.17. The van der Waals surface area contributed by atoms with E-state index in [4.69, 9.17) is 4.98 Å². The van der Waals surface area contributed by atoms with Crippen molar-refractivity contribution in [1.29, 1.82) is 0 Å². The molecule has 0 aliphatic heterocycles. The average Bonchev–Trinajstić information content (AvgIpc) is 3.36. The Bertz CT molecular complexity index is 1020. The van der Waals surface area contributed by atoms with E-state index in [0.717, 1.165) is 28.4 Å². The average molecular weight is 396 g/mol. The van der Waals surface area contributed by atoms with E-state index in [2.05, 4.69) is 52.1 Å². The third-order valence-electron chi connectivity index (χ3n) is 4.05. The summed E-state index contributed by atoms with van der Waals surface area (Å²) in [5.41, 5.74) is 4.27. The van der Waals surface area contributed by atoms with E-state index >= 15 is 0 Å². The predicted octanol–water partition coefficient (Wildman–Crippen LogP) is 4.35. The number of benzene rings is 2. The van der Waals surface area contributed by atoms with Crippen LogP contribution >= 0.6 is 23.1 Å². The first-order valence-corrected chi connectivity index (χ1v) is 10.3. The van der Waals surface area contributed by atoms with Crippen molar-refractivity contribution >= 4 is 23.1 Å². The fraction of sp³-hybridized carbons (Fsp3) is 0.158. The Morgan fingerprint density at radius 2 is 1.85 bits per heavy atom. The summed E-state index contributed by atoms with van der Waals surface area (Å²) in [6, 6.07) is 15.3. The first-order chi connectivity index (χ1) is 13.2. The minimum atomic E-state index is 0.211. The molecule has 0 atom stereocenters. The second-order valence-corrected chi connectivity index (χ2v) is 7.67. The summed E-state index contributed by atoms with van der Waals surface area (Å²) in [5.74, 6) is 0.894. The fourth-order valence-corrected chi connectivity index (χ4v) is 4.27. The summed E-state index contributed by atoms with van der Waals surface area (Å²) in [5, 5.41) is 25.1. The Kier molecular flexibility index (Phi) is 5.17. The molecule has 136 valence electrons.